The molecule has 1 aromatic carbocycles. The van der Waals surface area contributed by atoms with Gasteiger partial charge in [-0.3, -0.25) is 4.79 Å². The Labute approximate surface area is 133 Å². The van der Waals surface area contributed by atoms with Gasteiger partial charge in [-0.15, -0.1) is 12.4 Å². The average Bonchev–Trinajstić information content (AvgIpc) is 2.37. The minimum absolute atomic E-state index is 0. The normalized spacial score (nSPS) is 13.2. The lowest BCUT2D eigenvalue weighted by atomic mass is 10.0. The second-order valence-corrected chi connectivity index (χ2v) is 5.70. The lowest BCUT2D eigenvalue weighted by molar-refractivity contribution is -0.119. The first kappa shape index (κ1) is 19.7. The summed E-state index contributed by atoms with van der Waals surface area (Å²) in [6.45, 7) is 8.66. The van der Waals surface area contributed by atoms with E-state index in [0.717, 1.165) is 17.9 Å². The van der Waals surface area contributed by atoms with E-state index in [9.17, 15) is 4.79 Å². The zero-order valence-corrected chi connectivity index (χ0v) is 14.1. The molecule has 120 valence electrons. The number of hydrogen-bond acceptors (Lipinski definition) is 3. The van der Waals surface area contributed by atoms with Gasteiger partial charge in [0.15, 0.2) is 0 Å². The van der Waals surface area contributed by atoms with Gasteiger partial charge in [0.25, 0.3) is 0 Å². The highest BCUT2D eigenvalue weighted by molar-refractivity contribution is 5.92. The Hall–Kier alpha value is -1.26. The lowest BCUT2D eigenvalue weighted by Crippen LogP contribution is -2.34. The number of carbonyl (C=O) groups excluding carboxylic acids is 1. The predicted octanol–water partition coefficient (Wildman–Crippen LogP) is 3.46. The number of carbonyl (C=O) groups is 1. The van der Waals surface area contributed by atoms with Gasteiger partial charge in [0.05, 0.1) is 12.5 Å². The molecule has 0 spiro atoms. The summed E-state index contributed by atoms with van der Waals surface area (Å²) in [4.78, 5) is 11.9. The van der Waals surface area contributed by atoms with Crippen LogP contribution in [-0.2, 0) is 4.79 Å². The van der Waals surface area contributed by atoms with Gasteiger partial charge >= 0.3 is 0 Å². The number of nitrogens with two attached hydrogens (primary N) is 1. The maximum Gasteiger partial charge on any atom is 0.228 e. The number of benzene rings is 1. The molecule has 1 rings (SSSR count). The Morgan fingerprint density at radius 3 is 2.52 bits per heavy atom. The Morgan fingerprint density at radius 2 is 1.95 bits per heavy atom. The van der Waals surface area contributed by atoms with Gasteiger partial charge in [-0.05, 0) is 31.4 Å². The Morgan fingerprint density at radius 1 is 1.29 bits per heavy atom. The summed E-state index contributed by atoms with van der Waals surface area (Å²) >= 11 is 0. The molecule has 4 nitrogen and oxygen atoms in total. The Kier molecular flexibility index (Phi) is 9.06. The van der Waals surface area contributed by atoms with Crippen molar-refractivity contribution < 1.29 is 9.53 Å². The second-order valence-electron chi connectivity index (χ2n) is 5.70. The third kappa shape index (κ3) is 7.34. The number of hydrogen-bond donors (Lipinski definition) is 2. The molecule has 2 unspecified atom stereocenters. The molecule has 2 atom stereocenters. The molecule has 0 bridgehead atoms. The van der Waals surface area contributed by atoms with Gasteiger partial charge < -0.3 is 15.8 Å². The van der Waals surface area contributed by atoms with E-state index >= 15 is 0 Å². The Bertz CT molecular complexity index is 436. The maximum absolute atomic E-state index is 11.9. The minimum atomic E-state index is -0.222. The highest BCUT2D eigenvalue weighted by Crippen LogP contribution is 2.19. The number of anilines is 1. The van der Waals surface area contributed by atoms with Crippen LogP contribution in [0.2, 0.25) is 0 Å². The first-order chi connectivity index (χ1) is 9.40. The van der Waals surface area contributed by atoms with E-state index in [1.807, 2.05) is 38.1 Å². The van der Waals surface area contributed by atoms with Crippen molar-refractivity contribution >= 4 is 24.0 Å². The highest BCUT2D eigenvalue weighted by atomic mass is 35.5. The van der Waals surface area contributed by atoms with E-state index in [2.05, 4.69) is 19.2 Å². The van der Waals surface area contributed by atoms with Crippen LogP contribution >= 0.6 is 12.4 Å². The fraction of sp³-hybridized carbons (Fsp3) is 0.562. The number of halogens is 1. The van der Waals surface area contributed by atoms with Crippen molar-refractivity contribution in [1.82, 2.24) is 0 Å². The van der Waals surface area contributed by atoms with Gasteiger partial charge in [0.1, 0.15) is 5.75 Å². The van der Waals surface area contributed by atoms with Crippen molar-refractivity contribution in [3.63, 3.8) is 0 Å². The third-order valence-corrected chi connectivity index (χ3v) is 3.27. The fourth-order valence-electron chi connectivity index (χ4n) is 1.57. The van der Waals surface area contributed by atoms with E-state index in [1.165, 1.54) is 0 Å². The van der Waals surface area contributed by atoms with Crippen molar-refractivity contribution in [2.75, 3.05) is 11.9 Å². The largest absolute Gasteiger partial charge is 0.494 e. The van der Waals surface area contributed by atoms with Crippen LogP contribution in [0.15, 0.2) is 24.3 Å². The minimum Gasteiger partial charge on any atom is -0.494 e. The first-order valence-corrected chi connectivity index (χ1v) is 7.19. The molecule has 0 radical (unpaired) electrons. The van der Waals surface area contributed by atoms with Gasteiger partial charge in [0.2, 0.25) is 5.91 Å². The molecule has 0 aromatic heterocycles. The first-order valence-electron chi connectivity index (χ1n) is 7.19. The van der Waals surface area contributed by atoms with Gasteiger partial charge in [-0.2, -0.15) is 0 Å². The van der Waals surface area contributed by atoms with Crippen LogP contribution in [0.1, 0.15) is 34.1 Å². The molecule has 1 amide bonds. The summed E-state index contributed by atoms with van der Waals surface area (Å²) in [5, 5.41) is 2.86. The van der Waals surface area contributed by atoms with Gasteiger partial charge in [0, 0.05) is 17.8 Å². The van der Waals surface area contributed by atoms with E-state index in [0.29, 0.717) is 12.5 Å². The summed E-state index contributed by atoms with van der Waals surface area (Å²) in [5.41, 5.74) is 6.47. The molecule has 0 saturated carbocycles. The monoisotopic (exact) mass is 314 g/mol. The summed E-state index contributed by atoms with van der Waals surface area (Å²) < 4.78 is 5.67. The van der Waals surface area contributed by atoms with Gasteiger partial charge in [-0.25, -0.2) is 0 Å². The summed E-state index contributed by atoms with van der Waals surface area (Å²) in [7, 11) is 0. The molecule has 0 aliphatic carbocycles. The van der Waals surface area contributed by atoms with Gasteiger partial charge in [-0.1, -0.05) is 26.8 Å². The number of rotatable bonds is 7. The molecular weight excluding hydrogens is 288 g/mol. The van der Waals surface area contributed by atoms with Crippen LogP contribution < -0.4 is 15.8 Å². The van der Waals surface area contributed by atoms with Crippen LogP contribution in [0, 0.1) is 11.8 Å². The summed E-state index contributed by atoms with van der Waals surface area (Å²) in [5.74, 6) is 1.10. The average molecular weight is 315 g/mol. The number of ether oxygens (including phenoxy) is 1. The zero-order chi connectivity index (χ0) is 15.1. The van der Waals surface area contributed by atoms with E-state index in [4.69, 9.17) is 10.5 Å². The van der Waals surface area contributed by atoms with Crippen LogP contribution in [0.4, 0.5) is 5.69 Å². The molecule has 0 aliphatic heterocycles. The van der Waals surface area contributed by atoms with Crippen molar-refractivity contribution in [3.05, 3.63) is 24.3 Å². The molecule has 1 aromatic rings. The molecule has 0 saturated heterocycles. The molecule has 5 heteroatoms. The van der Waals surface area contributed by atoms with Crippen LogP contribution in [-0.4, -0.2) is 18.6 Å². The molecular formula is C16H27ClN2O2. The van der Waals surface area contributed by atoms with E-state index in [1.54, 1.807) is 0 Å². The standard InChI is InChI=1S/C16H26N2O2.ClH/c1-11(2)8-9-20-15-7-5-6-14(10-15)18-16(19)12(3)13(4)17;/h5-7,10-13H,8-9,17H2,1-4H3,(H,18,19);1H. The molecule has 3 N–H and O–H groups in total. The SMILES string of the molecule is CC(C)CCOc1cccc(NC(=O)C(C)C(C)N)c1.Cl. The molecule has 0 fully saturated rings. The quantitative estimate of drug-likeness (QED) is 0.810. The zero-order valence-electron chi connectivity index (χ0n) is 13.3. The van der Waals surface area contributed by atoms with Crippen molar-refractivity contribution in [1.29, 1.82) is 0 Å². The maximum atomic E-state index is 11.9. The Balaban J connectivity index is 0.00000400. The highest BCUT2D eigenvalue weighted by Gasteiger charge is 2.17. The number of amides is 1. The summed E-state index contributed by atoms with van der Waals surface area (Å²) in [6, 6.07) is 7.29. The molecule has 0 aliphatic rings. The van der Waals surface area contributed by atoms with Crippen LogP contribution in [0.25, 0.3) is 0 Å². The third-order valence-electron chi connectivity index (χ3n) is 3.27. The van der Waals surface area contributed by atoms with Crippen LogP contribution in [0.3, 0.4) is 0 Å². The topological polar surface area (TPSA) is 64.3 Å². The van der Waals surface area contributed by atoms with E-state index < -0.39 is 0 Å². The second kappa shape index (κ2) is 9.64. The lowest BCUT2D eigenvalue weighted by Gasteiger charge is -2.16. The fourth-order valence-corrected chi connectivity index (χ4v) is 1.57. The number of nitrogens with one attached hydrogen (secondary N) is 1. The van der Waals surface area contributed by atoms with Crippen molar-refractivity contribution in [2.45, 2.75) is 40.2 Å². The van der Waals surface area contributed by atoms with E-state index in [-0.39, 0.29) is 30.3 Å². The summed E-state index contributed by atoms with van der Waals surface area (Å²) in [6.07, 6.45) is 1.01. The van der Waals surface area contributed by atoms with Crippen molar-refractivity contribution in [3.8, 4) is 5.75 Å². The molecule has 0 heterocycles. The molecule has 21 heavy (non-hydrogen) atoms. The smallest absolute Gasteiger partial charge is 0.228 e. The predicted molar refractivity (Wildman–Crippen MR) is 90.1 cm³/mol. The van der Waals surface area contributed by atoms with Crippen LogP contribution in [0.5, 0.6) is 5.75 Å². The van der Waals surface area contributed by atoms with Crippen molar-refractivity contribution in [2.24, 2.45) is 17.6 Å².